The van der Waals surface area contributed by atoms with Gasteiger partial charge >= 0.3 is 0 Å². The molecular formula is C10H7BrF3NO. The Labute approximate surface area is 98.2 Å². The lowest BCUT2D eigenvalue weighted by molar-refractivity contribution is -0.117. The molecular weight excluding hydrogens is 287 g/mol. The van der Waals surface area contributed by atoms with E-state index < -0.39 is 23.1 Å². The quantitative estimate of drug-likeness (QED) is 0.729. The maximum absolute atomic E-state index is 13.4. The lowest BCUT2D eigenvalue weighted by Crippen LogP contribution is -2.26. The molecule has 1 aliphatic heterocycles. The molecule has 1 amide bonds. The van der Waals surface area contributed by atoms with Crippen LogP contribution in [0, 0.1) is 17.5 Å². The summed E-state index contributed by atoms with van der Waals surface area (Å²) in [4.78, 5) is 12.3. The highest BCUT2D eigenvalue weighted by Gasteiger charge is 2.32. The molecule has 0 radical (unpaired) electrons. The Morgan fingerprint density at radius 1 is 1.25 bits per heavy atom. The van der Waals surface area contributed by atoms with Gasteiger partial charge in [0.25, 0.3) is 0 Å². The van der Waals surface area contributed by atoms with Crippen molar-refractivity contribution < 1.29 is 18.0 Å². The number of hydrogen-bond donors (Lipinski definition) is 0. The van der Waals surface area contributed by atoms with E-state index in [1.54, 1.807) is 0 Å². The molecule has 0 aromatic heterocycles. The summed E-state index contributed by atoms with van der Waals surface area (Å²) in [7, 11) is 0. The molecule has 1 aromatic rings. The molecule has 1 heterocycles. The van der Waals surface area contributed by atoms with Gasteiger partial charge in [0.05, 0.1) is 0 Å². The number of carbonyl (C=O) groups is 1. The molecule has 1 aromatic carbocycles. The fourth-order valence-corrected chi connectivity index (χ4v) is 2.24. The van der Waals surface area contributed by atoms with Gasteiger partial charge in [-0.1, -0.05) is 15.9 Å². The highest BCUT2D eigenvalue weighted by atomic mass is 79.9. The predicted octanol–water partition coefficient (Wildman–Crippen LogP) is 2.60. The minimum Gasteiger partial charge on any atom is -0.306 e. The Bertz CT molecular complexity index is 429. The van der Waals surface area contributed by atoms with Gasteiger partial charge in [-0.25, -0.2) is 13.2 Å². The number of nitrogens with zero attached hydrogens (tertiary/aromatic N) is 1. The van der Waals surface area contributed by atoms with E-state index in [-0.39, 0.29) is 23.7 Å². The van der Waals surface area contributed by atoms with E-state index in [1.807, 2.05) is 0 Å². The highest BCUT2D eigenvalue weighted by Crippen LogP contribution is 2.30. The molecule has 0 aliphatic carbocycles. The van der Waals surface area contributed by atoms with E-state index in [1.165, 1.54) is 0 Å². The van der Waals surface area contributed by atoms with Crippen LogP contribution in [0.1, 0.15) is 6.42 Å². The SMILES string of the molecule is O=C1CC(Br)CN1c1c(F)cc(F)cc1F. The molecule has 2 rings (SSSR count). The van der Waals surface area contributed by atoms with Crippen molar-refractivity contribution in [2.24, 2.45) is 0 Å². The molecule has 1 unspecified atom stereocenters. The van der Waals surface area contributed by atoms with Crippen molar-refractivity contribution in [3.05, 3.63) is 29.6 Å². The summed E-state index contributed by atoms with van der Waals surface area (Å²) in [6.07, 6.45) is 0.177. The molecule has 2 nitrogen and oxygen atoms in total. The van der Waals surface area contributed by atoms with Gasteiger partial charge in [0.15, 0.2) is 11.6 Å². The summed E-state index contributed by atoms with van der Waals surface area (Å²) in [6.45, 7) is 0.179. The maximum Gasteiger partial charge on any atom is 0.228 e. The summed E-state index contributed by atoms with van der Waals surface area (Å²) >= 11 is 3.20. The number of rotatable bonds is 1. The first-order valence-electron chi connectivity index (χ1n) is 4.58. The lowest BCUT2D eigenvalue weighted by atomic mass is 10.2. The zero-order valence-electron chi connectivity index (χ0n) is 8.01. The zero-order chi connectivity index (χ0) is 11.9. The summed E-state index contributed by atoms with van der Waals surface area (Å²) < 4.78 is 39.4. The van der Waals surface area contributed by atoms with Crippen LogP contribution in [0.25, 0.3) is 0 Å². The maximum atomic E-state index is 13.4. The van der Waals surface area contributed by atoms with Crippen LogP contribution in [0.5, 0.6) is 0 Å². The van der Waals surface area contributed by atoms with E-state index in [2.05, 4.69) is 15.9 Å². The third kappa shape index (κ3) is 1.93. The third-order valence-corrected chi connectivity index (χ3v) is 2.94. The average Bonchev–Trinajstić information content (AvgIpc) is 2.43. The Hall–Kier alpha value is -1.04. The molecule has 16 heavy (non-hydrogen) atoms. The van der Waals surface area contributed by atoms with Crippen molar-refractivity contribution in [2.75, 3.05) is 11.4 Å². The Kier molecular flexibility index (Phi) is 2.92. The van der Waals surface area contributed by atoms with Crippen LogP contribution in [-0.4, -0.2) is 17.3 Å². The summed E-state index contributed by atoms with van der Waals surface area (Å²) in [5.74, 6) is -3.51. The van der Waals surface area contributed by atoms with E-state index >= 15 is 0 Å². The number of alkyl halides is 1. The number of anilines is 1. The molecule has 86 valence electrons. The lowest BCUT2D eigenvalue weighted by Gasteiger charge is -2.17. The van der Waals surface area contributed by atoms with Crippen LogP contribution in [0.4, 0.5) is 18.9 Å². The monoisotopic (exact) mass is 293 g/mol. The molecule has 0 saturated carbocycles. The number of hydrogen-bond acceptors (Lipinski definition) is 1. The molecule has 1 fully saturated rings. The first-order chi connectivity index (χ1) is 7.49. The van der Waals surface area contributed by atoms with E-state index in [4.69, 9.17) is 0 Å². The van der Waals surface area contributed by atoms with Gasteiger partial charge in [-0.2, -0.15) is 0 Å². The molecule has 1 saturated heterocycles. The van der Waals surface area contributed by atoms with Crippen LogP contribution in [0.2, 0.25) is 0 Å². The number of amides is 1. The Morgan fingerprint density at radius 3 is 2.25 bits per heavy atom. The van der Waals surface area contributed by atoms with Gasteiger partial charge in [-0.15, -0.1) is 0 Å². The molecule has 0 bridgehead atoms. The van der Waals surface area contributed by atoms with Crippen molar-refractivity contribution in [3.8, 4) is 0 Å². The van der Waals surface area contributed by atoms with Crippen LogP contribution in [0.15, 0.2) is 12.1 Å². The molecule has 1 atom stereocenters. The zero-order valence-corrected chi connectivity index (χ0v) is 9.60. The van der Waals surface area contributed by atoms with Crippen molar-refractivity contribution in [2.45, 2.75) is 11.2 Å². The first kappa shape index (κ1) is 11.4. The third-order valence-electron chi connectivity index (χ3n) is 2.33. The molecule has 1 aliphatic rings. The molecule has 0 spiro atoms. The van der Waals surface area contributed by atoms with Crippen LogP contribution >= 0.6 is 15.9 Å². The highest BCUT2D eigenvalue weighted by molar-refractivity contribution is 9.09. The van der Waals surface area contributed by atoms with Gasteiger partial charge < -0.3 is 4.90 Å². The van der Waals surface area contributed by atoms with Crippen LogP contribution in [0.3, 0.4) is 0 Å². The van der Waals surface area contributed by atoms with E-state index in [0.717, 1.165) is 4.90 Å². The fourth-order valence-electron chi connectivity index (χ4n) is 1.67. The van der Waals surface area contributed by atoms with Gasteiger partial charge in [0.1, 0.15) is 11.5 Å². The van der Waals surface area contributed by atoms with E-state index in [9.17, 15) is 18.0 Å². The normalized spacial score (nSPS) is 20.6. The minimum absolute atomic E-state index is 0.135. The Morgan fingerprint density at radius 2 is 1.81 bits per heavy atom. The topological polar surface area (TPSA) is 20.3 Å². The van der Waals surface area contributed by atoms with Crippen LogP contribution < -0.4 is 4.90 Å². The first-order valence-corrected chi connectivity index (χ1v) is 5.49. The standard InChI is InChI=1S/C10H7BrF3NO/c11-5-1-9(16)15(4-5)10-7(13)2-6(12)3-8(10)14/h2-3,5H,1,4H2. The second kappa shape index (κ2) is 4.08. The largest absolute Gasteiger partial charge is 0.306 e. The number of benzene rings is 1. The van der Waals surface area contributed by atoms with Crippen molar-refractivity contribution in [3.63, 3.8) is 0 Å². The second-order valence-electron chi connectivity index (χ2n) is 3.52. The predicted molar refractivity (Wildman–Crippen MR) is 56.0 cm³/mol. The van der Waals surface area contributed by atoms with Crippen LogP contribution in [-0.2, 0) is 4.79 Å². The average molecular weight is 294 g/mol. The fraction of sp³-hybridized carbons (Fsp3) is 0.300. The van der Waals surface area contributed by atoms with E-state index in [0.29, 0.717) is 12.1 Å². The smallest absolute Gasteiger partial charge is 0.228 e. The van der Waals surface area contributed by atoms with Gasteiger partial charge in [0.2, 0.25) is 5.91 Å². The Balaban J connectivity index is 2.44. The number of halogens is 4. The molecule has 0 N–H and O–H groups in total. The van der Waals surface area contributed by atoms with Crippen molar-refractivity contribution in [1.82, 2.24) is 0 Å². The van der Waals surface area contributed by atoms with Crippen molar-refractivity contribution in [1.29, 1.82) is 0 Å². The second-order valence-corrected chi connectivity index (χ2v) is 4.82. The summed E-state index contributed by atoms with van der Waals surface area (Å²) in [6, 6.07) is 1.13. The number of carbonyl (C=O) groups excluding carboxylic acids is 1. The molecule has 6 heteroatoms. The van der Waals surface area contributed by atoms with Gasteiger partial charge in [-0.05, 0) is 0 Å². The van der Waals surface area contributed by atoms with Gasteiger partial charge in [-0.3, -0.25) is 4.79 Å². The summed E-state index contributed by atoms with van der Waals surface area (Å²) in [5, 5.41) is 0. The van der Waals surface area contributed by atoms with Crippen molar-refractivity contribution >= 4 is 27.5 Å². The summed E-state index contributed by atoms with van der Waals surface area (Å²) in [5.41, 5.74) is -0.478. The van der Waals surface area contributed by atoms with Gasteiger partial charge in [0, 0.05) is 29.9 Å². The minimum atomic E-state index is -1.06.